The van der Waals surface area contributed by atoms with E-state index in [0.29, 0.717) is 38.8 Å². The number of nitrogens with zero attached hydrogens (tertiary/aromatic N) is 3. The highest BCUT2D eigenvalue weighted by atomic mass is 32.1. The van der Waals surface area contributed by atoms with Gasteiger partial charge in [0, 0.05) is 29.4 Å². The Kier molecular flexibility index (Phi) is 6.90. The van der Waals surface area contributed by atoms with Crippen molar-refractivity contribution >= 4 is 39.0 Å². The lowest BCUT2D eigenvalue weighted by molar-refractivity contribution is -0.135. The van der Waals surface area contributed by atoms with Crippen molar-refractivity contribution in [1.29, 1.82) is 0 Å². The summed E-state index contributed by atoms with van der Waals surface area (Å²) < 4.78 is 7.82. The third-order valence-electron chi connectivity index (χ3n) is 8.63. The van der Waals surface area contributed by atoms with E-state index in [-0.39, 0.29) is 5.91 Å². The van der Waals surface area contributed by atoms with Gasteiger partial charge in [-0.1, -0.05) is 49.6 Å². The number of carbonyl (C=O) groups excluding carboxylic acids is 1. The summed E-state index contributed by atoms with van der Waals surface area (Å²) in [6.07, 6.45) is 6.26. The van der Waals surface area contributed by atoms with Crippen LogP contribution in [0.1, 0.15) is 49.1 Å². The SMILES string of the molecule is Cc1csc(-c2ccc3cc(-c4c(C5CCCCC5)c5ccccc5n4CC(=O)N4CCOCC4)ccc3n2)c1. The molecule has 5 aromatic rings. The number of pyridine rings is 1. The topological polar surface area (TPSA) is 47.4 Å². The molecule has 6 heteroatoms. The Morgan fingerprint density at radius 1 is 1.00 bits per heavy atom. The first kappa shape index (κ1) is 25.5. The van der Waals surface area contributed by atoms with E-state index in [1.165, 1.54) is 64.8 Å². The number of carbonyl (C=O) groups is 1. The average molecular weight is 550 g/mol. The maximum Gasteiger partial charge on any atom is 0.242 e. The largest absolute Gasteiger partial charge is 0.378 e. The normalized spacial score (nSPS) is 16.7. The molecule has 1 aliphatic heterocycles. The summed E-state index contributed by atoms with van der Waals surface area (Å²) in [5.74, 6) is 0.672. The van der Waals surface area contributed by atoms with Crippen LogP contribution in [0.15, 0.2) is 66.0 Å². The smallest absolute Gasteiger partial charge is 0.242 e. The Balaban J connectivity index is 1.37. The van der Waals surface area contributed by atoms with Gasteiger partial charge in [-0.25, -0.2) is 4.98 Å². The number of amides is 1. The number of aryl methyl sites for hydroxylation is 1. The predicted molar refractivity (Wildman–Crippen MR) is 164 cm³/mol. The summed E-state index contributed by atoms with van der Waals surface area (Å²) in [6.45, 7) is 5.02. The number of morpholine rings is 1. The minimum Gasteiger partial charge on any atom is -0.378 e. The summed E-state index contributed by atoms with van der Waals surface area (Å²) in [7, 11) is 0. The number of benzene rings is 2. The highest BCUT2D eigenvalue weighted by Gasteiger charge is 2.28. The third kappa shape index (κ3) is 4.73. The predicted octanol–water partition coefficient (Wildman–Crippen LogP) is 7.80. The molecule has 5 nitrogen and oxygen atoms in total. The highest BCUT2D eigenvalue weighted by molar-refractivity contribution is 7.13. The van der Waals surface area contributed by atoms with Crippen LogP contribution in [-0.2, 0) is 16.1 Å². The lowest BCUT2D eigenvalue weighted by Gasteiger charge is -2.28. The van der Waals surface area contributed by atoms with E-state index in [4.69, 9.17) is 9.72 Å². The second-order valence-electron chi connectivity index (χ2n) is 11.3. The summed E-state index contributed by atoms with van der Waals surface area (Å²) >= 11 is 1.74. The van der Waals surface area contributed by atoms with Gasteiger partial charge in [0.05, 0.1) is 35.0 Å². The van der Waals surface area contributed by atoms with Crippen molar-refractivity contribution in [2.75, 3.05) is 26.3 Å². The van der Waals surface area contributed by atoms with Gasteiger partial charge in [-0.15, -0.1) is 11.3 Å². The van der Waals surface area contributed by atoms with Crippen molar-refractivity contribution in [2.45, 2.75) is 51.5 Å². The second-order valence-corrected chi connectivity index (χ2v) is 12.2. The standard InChI is InChI=1S/C34H35N3O2S/c1-23-19-31(40-22-23)29-14-11-25-20-26(12-13-28(25)35-29)34-33(24-7-3-2-4-8-24)27-9-5-6-10-30(27)37(34)21-32(38)36-15-17-39-18-16-36/h5-6,9-14,19-20,22,24H,2-4,7-8,15-18,21H2,1H3. The number of fused-ring (bicyclic) bond motifs is 2. The van der Waals surface area contributed by atoms with Crippen LogP contribution in [-0.4, -0.2) is 46.7 Å². The first-order valence-corrected chi connectivity index (χ1v) is 15.5. The van der Waals surface area contributed by atoms with Gasteiger partial charge in [0.2, 0.25) is 5.91 Å². The fraction of sp³-hybridized carbons (Fsp3) is 0.353. The molecule has 1 saturated carbocycles. The van der Waals surface area contributed by atoms with E-state index < -0.39 is 0 Å². The van der Waals surface area contributed by atoms with Crippen LogP contribution in [0.25, 0.3) is 43.6 Å². The second kappa shape index (κ2) is 10.8. The molecule has 0 spiro atoms. The van der Waals surface area contributed by atoms with Crippen molar-refractivity contribution in [3.63, 3.8) is 0 Å². The molecule has 0 bridgehead atoms. The molecule has 0 atom stereocenters. The molecule has 1 amide bonds. The molecule has 3 aromatic heterocycles. The monoisotopic (exact) mass is 549 g/mol. The number of ether oxygens (including phenoxy) is 1. The van der Waals surface area contributed by atoms with E-state index >= 15 is 0 Å². The first-order chi connectivity index (χ1) is 19.7. The van der Waals surface area contributed by atoms with Gasteiger partial charge in [-0.05, 0) is 78.1 Å². The molecule has 2 aliphatic rings. The minimum absolute atomic E-state index is 0.166. The van der Waals surface area contributed by atoms with E-state index in [1.54, 1.807) is 11.3 Å². The first-order valence-electron chi connectivity index (χ1n) is 14.6. The molecule has 0 N–H and O–H groups in total. The van der Waals surface area contributed by atoms with Gasteiger partial charge in [0.15, 0.2) is 0 Å². The Bertz CT molecular complexity index is 1690. The number of rotatable bonds is 5. The van der Waals surface area contributed by atoms with Gasteiger partial charge < -0.3 is 14.2 Å². The van der Waals surface area contributed by atoms with E-state index in [0.717, 1.165) is 22.1 Å². The zero-order valence-electron chi connectivity index (χ0n) is 23.1. The Morgan fingerprint density at radius 3 is 2.62 bits per heavy atom. The Hall–Kier alpha value is -3.48. The fourth-order valence-corrected chi connectivity index (χ4v) is 7.50. The van der Waals surface area contributed by atoms with Crippen LogP contribution in [0.5, 0.6) is 0 Å². The molecule has 0 unspecified atom stereocenters. The average Bonchev–Trinajstić information content (AvgIpc) is 3.59. The molecular formula is C34H35N3O2S. The lowest BCUT2D eigenvalue weighted by atomic mass is 9.82. The van der Waals surface area contributed by atoms with Gasteiger partial charge in [-0.3, -0.25) is 4.79 Å². The van der Waals surface area contributed by atoms with Gasteiger partial charge in [-0.2, -0.15) is 0 Å². The number of hydrogen-bond acceptors (Lipinski definition) is 4. The van der Waals surface area contributed by atoms with Gasteiger partial charge >= 0.3 is 0 Å². The van der Waals surface area contributed by atoms with Crippen LogP contribution in [0, 0.1) is 6.92 Å². The van der Waals surface area contributed by atoms with Gasteiger partial charge in [0.1, 0.15) is 6.54 Å². The van der Waals surface area contributed by atoms with Crippen LogP contribution in [0.2, 0.25) is 0 Å². The molecule has 2 fully saturated rings. The zero-order chi connectivity index (χ0) is 27.1. The number of hydrogen-bond donors (Lipinski definition) is 0. The number of para-hydroxylation sites is 1. The third-order valence-corrected chi connectivity index (χ3v) is 9.70. The maximum absolute atomic E-state index is 13.6. The van der Waals surface area contributed by atoms with E-state index in [2.05, 4.69) is 77.5 Å². The molecule has 2 aromatic carbocycles. The molecular weight excluding hydrogens is 514 g/mol. The number of aromatic nitrogens is 2. The van der Waals surface area contributed by atoms with Crippen LogP contribution < -0.4 is 0 Å². The molecule has 1 saturated heterocycles. The summed E-state index contributed by atoms with van der Waals surface area (Å²) in [6, 6.07) is 21.9. The quantitative estimate of drug-likeness (QED) is 0.225. The van der Waals surface area contributed by atoms with Crippen molar-refractivity contribution in [1.82, 2.24) is 14.5 Å². The summed E-state index contributed by atoms with van der Waals surface area (Å²) in [4.78, 5) is 21.8. The minimum atomic E-state index is 0.166. The lowest BCUT2D eigenvalue weighted by Crippen LogP contribution is -2.42. The van der Waals surface area contributed by atoms with Crippen molar-refractivity contribution in [3.8, 4) is 21.8 Å². The van der Waals surface area contributed by atoms with Crippen LogP contribution in [0.3, 0.4) is 0 Å². The fourth-order valence-electron chi connectivity index (χ4n) is 6.63. The molecule has 0 radical (unpaired) electrons. The van der Waals surface area contributed by atoms with Crippen molar-refractivity contribution in [2.24, 2.45) is 0 Å². The van der Waals surface area contributed by atoms with Crippen molar-refractivity contribution in [3.05, 3.63) is 77.2 Å². The highest BCUT2D eigenvalue weighted by Crippen LogP contribution is 2.44. The van der Waals surface area contributed by atoms with E-state index in [9.17, 15) is 4.79 Å². The Morgan fingerprint density at radius 2 is 1.82 bits per heavy atom. The molecule has 1 aliphatic carbocycles. The summed E-state index contributed by atoms with van der Waals surface area (Å²) in [5.41, 5.74) is 8.23. The number of thiophene rings is 1. The van der Waals surface area contributed by atoms with Gasteiger partial charge in [0.25, 0.3) is 0 Å². The molecule has 40 heavy (non-hydrogen) atoms. The zero-order valence-corrected chi connectivity index (χ0v) is 23.9. The van der Waals surface area contributed by atoms with Crippen LogP contribution >= 0.6 is 11.3 Å². The molecule has 7 rings (SSSR count). The maximum atomic E-state index is 13.6. The Labute approximate surface area is 239 Å². The molecule has 4 heterocycles. The summed E-state index contributed by atoms with van der Waals surface area (Å²) in [5, 5.41) is 4.59. The molecule has 204 valence electrons. The van der Waals surface area contributed by atoms with Crippen LogP contribution in [0.4, 0.5) is 0 Å². The van der Waals surface area contributed by atoms with E-state index in [1.807, 2.05) is 4.90 Å². The van der Waals surface area contributed by atoms with Crippen molar-refractivity contribution < 1.29 is 9.53 Å².